The third kappa shape index (κ3) is 3.74. The van der Waals surface area contributed by atoms with Crippen molar-refractivity contribution in [3.8, 4) is 0 Å². The Balaban J connectivity index is 3.19. The van der Waals surface area contributed by atoms with E-state index in [9.17, 15) is 22.7 Å². The minimum Gasteiger partial charge on any atom is -0.481 e. The van der Waals surface area contributed by atoms with Gasteiger partial charge in [-0.3, -0.25) is 4.79 Å². The second-order valence-corrected chi connectivity index (χ2v) is 6.74. The van der Waals surface area contributed by atoms with Gasteiger partial charge in [0.2, 0.25) is 0 Å². The average Bonchev–Trinajstić information content (AvgIpc) is 2.30. The van der Waals surface area contributed by atoms with Gasteiger partial charge in [0.1, 0.15) is 21.1 Å². The number of sulfone groups is 1. The lowest BCUT2D eigenvalue weighted by molar-refractivity contribution is -0.143. The highest BCUT2D eigenvalue weighted by Crippen LogP contribution is 2.28. The molecular weight excluding hydrogens is 273 g/mol. The molecule has 19 heavy (non-hydrogen) atoms. The quantitative estimate of drug-likeness (QED) is 0.796. The van der Waals surface area contributed by atoms with Crippen molar-refractivity contribution in [3.63, 3.8) is 0 Å². The van der Waals surface area contributed by atoms with Gasteiger partial charge in [-0.1, -0.05) is 12.1 Å². The molecule has 0 heterocycles. The summed E-state index contributed by atoms with van der Waals surface area (Å²) in [5, 5.41) is 9.37. The number of hydrogen-bond donors (Lipinski definition) is 2. The molecule has 0 saturated heterocycles. The molecule has 0 radical (unpaired) electrons. The molecule has 0 aromatic heterocycles. The van der Waals surface area contributed by atoms with Gasteiger partial charge in [0, 0.05) is 12.8 Å². The van der Waals surface area contributed by atoms with Crippen molar-refractivity contribution in [2.45, 2.75) is 11.8 Å². The second-order valence-electron chi connectivity index (χ2n) is 4.48. The fourth-order valence-electron chi connectivity index (χ4n) is 1.81. The molecule has 0 fully saturated rings. The molecule has 1 aromatic rings. The van der Waals surface area contributed by atoms with Crippen molar-refractivity contribution in [1.82, 2.24) is 0 Å². The van der Waals surface area contributed by atoms with Gasteiger partial charge in [0.25, 0.3) is 0 Å². The topological polar surface area (TPSA) is 97.5 Å². The first kappa shape index (κ1) is 15.6. The zero-order chi connectivity index (χ0) is 14.7. The fourth-order valence-corrected chi connectivity index (χ4v) is 2.53. The molecule has 106 valence electrons. The molecule has 0 aliphatic heterocycles. The molecule has 1 unspecified atom stereocenters. The molecule has 0 saturated carbocycles. The van der Waals surface area contributed by atoms with Crippen LogP contribution in [-0.4, -0.2) is 38.0 Å². The molecule has 1 atom stereocenters. The monoisotopic (exact) mass is 289 g/mol. The summed E-state index contributed by atoms with van der Waals surface area (Å²) in [6.45, 7) is -0.260. The van der Waals surface area contributed by atoms with E-state index in [-0.39, 0.29) is 18.7 Å². The Hall–Kier alpha value is -1.47. The number of carboxylic acid groups (broad SMARTS) is 1. The molecular formula is C12H16FNO4S. The summed E-state index contributed by atoms with van der Waals surface area (Å²) >= 11 is 0. The molecule has 0 bridgehead atoms. The highest BCUT2D eigenvalue weighted by molar-refractivity contribution is 7.90. The van der Waals surface area contributed by atoms with Crippen LogP contribution in [-0.2, 0) is 20.0 Å². The van der Waals surface area contributed by atoms with E-state index in [1.54, 1.807) is 0 Å². The predicted octanol–water partition coefficient (Wildman–Crippen LogP) is 0.542. The van der Waals surface area contributed by atoms with Crippen LogP contribution in [0.4, 0.5) is 4.39 Å². The first-order chi connectivity index (χ1) is 8.71. The lowest BCUT2D eigenvalue weighted by Crippen LogP contribution is -2.44. The molecule has 0 aliphatic rings. The fraction of sp³-hybridized carbons (Fsp3) is 0.417. The van der Waals surface area contributed by atoms with Crippen molar-refractivity contribution in [2.24, 2.45) is 5.73 Å². The Morgan fingerprint density at radius 2 is 1.89 bits per heavy atom. The van der Waals surface area contributed by atoms with E-state index in [1.165, 1.54) is 12.1 Å². The van der Waals surface area contributed by atoms with Crippen LogP contribution in [0.1, 0.15) is 12.0 Å². The number of hydrogen-bond acceptors (Lipinski definition) is 4. The van der Waals surface area contributed by atoms with Gasteiger partial charge in [-0.25, -0.2) is 12.8 Å². The van der Waals surface area contributed by atoms with Crippen molar-refractivity contribution in [1.29, 1.82) is 0 Å². The van der Waals surface area contributed by atoms with Crippen LogP contribution in [0.5, 0.6) is 0 Å². The molecule has 1 aromatic carbocycles. The van der Waals surface area contributed by atoms with Gasteiger partial charge in [-0.2, -0.15) is 0 Å². The summed E-state index contributed by atoms with van der Waals surface area (Å²) in [6, 6.07) is 4.89. The zero-order valence-corrected chi connectivity index (χ0v) is 11.3. The number of carbonyl (C=O) groups is 1. The number of carboxylic acids is 1. The summed E-state index contributed by atoms with van der Waals surface area (Å²) in [4.78, 5) is 11.5. The Morgan fingerprint density at radius 3 is 2.26 bits per heavy atom. The standard InChI is InChI=1S/C12H16FNO4S/c1-19(17,18)7-6-12(8-14,11(15)16)9-2-4-10(13)5-3-9/h2-5H,6-8,14H2,1H3,(H,15,16). The van der Waals surface area contributed by atoms with E-state index in [0.717, 1.165) is 18.4 Å². The maximum Gasteiger partial charge on any atom is 0.315 e. The Labute approximate surface area is 111 Å². The van der Waals surface area contributed by atoms with E-state index in [1.807, 2.05) is 0 Å². The number of rotatable bonds is 6. The van der Waals surface area contributed by atoms with Crippen LogP contribution in [0.15, 0.2) is 24.3 Å². The number of aliphatic carboxylic acids is 1. The minimum absolute atomic E-state index is 0.150. The maximum atomic E-state index is 12.9. The number of halogens is 1. The Bertz CT molecular complexity index is 556. The lowest BCUT2D eigenvalue weighted by Gasteiger charge is -2.28. The first-order valence-electron chi connectivity index (χ1n) is 5.58. The maximum absolute atomic E-state index is 12.9. The SMILES string of the molecule is CS(=O)(=O)CCC(CN)(C(=O)O)c1ccc(F)cc1. The zero-order valence-electron chi connectivity index (χ0n) is 10.5. The highest BCUT2D eigenvalue weighted by atomic mass is 32.2. The predicted molar refractivity (Wildman–Crippen MR) is 69.1 cm³/mol. The molecule has 0 aliphatic carbocycles. The Kier molecular flexibility index (Phi) is 4.65. The minimum atomic E-state index is -3.31. The average molecular weight is 289 g/mol. The van der Waals surface area contributed by atoms with Crippen molar-refractivity contribution >= 4 is 15.8 Å². The Morgan fingerprint density at radius 1 is 1.37 bits per heavy atom. The molecule has 1 rings (SSSR count). The third-order valence-electron chi connectivity index (χ3n) is 3.05. The van der Waals surface area contributed by atoms with Crippen LogP contribution >= 0.6 is 0 Å². The van der Waals surface area contributed by atoms with Crippen molar-refractivity contribution in [3.05, 3.63) is 35.6 Å². The third-order valence-corrected chi connectivity index (χ3v) is 4.00. The normalized spacial score (nSPS) is 14.9. The van der Waals surface area contributed by atoms with E-state index in [4.69, 9.17) is 5.73 Å². The van der Waals surface area contributed by atoms with Gasteiger partial charge < -0.3 is 10.8 Å². The number of nitrogens with two attached hydrogens (primary N) is 1. The van der Waals surface area contributed by atoms with E-state index in [0.29, 0.717) is 5.56 Å². The van der Waals surface area contributed by atoms with Crippen LogP contribution in [0, 0.1) is 5.82 Å². The summed E-state index contributed by atoms with van der Waals surface area (Å²) in [5.74, 6) is -2.01. The van der Waals surface area contributed by atoms with Gasteiger partial charge in [0.15, 0.2) is 0 Å². The van der Waals surface area contributed by atoms with Crippen LogP contribution in [0.3, 0.4) is 0 Å². The summed E-state index contributed by atoms with van der Waals surface area (Å²) in [6.07, 6.45) is 0.879. The van der Waals surface area contributed by atoms with Gasteiger partial charge in [0.05, 0.1) is 5.75 Å². The summed E-state index contributed by atoms with van der Waals surface area (Å²) in [7, 11) is -3.31. The molecule has 5 nitrogen and oxygen atoms in total. The molecule has 0 amide bonds. The van der Waals surface area contributed by atoms with Gasteiger partial charge >= 0.3 is 5.97 Å². The van der Waals surface area contributed by atoms with E-state index >= 15 is 0 Å². The largest absolute Gasteiger partial charge is 0.481 e. The second kappa shape index (κ2) is 5.66. The van der Waals surface area contributed by atoms with E-state index in [2.05, 4.69) is 0 Å². The summed E-state index contributed by atoms with van der Waals surface area (Å²) < 4.78 is 35.3. The molecule has 7 heteroatoms. The van der Waals surface area contributed by atoms with Gasteiger partial charge in [-0.05, 0) is 24.1 Å². The molecule has 0 spiro atoms. The first-order valence-corrected chi connectivity index (χ1v) is 7.64. The van der Waals surface area contributed by atoms with Crippen LogP contribution in [0.2, 0.25) is 0 Å². The lowest BCUT2D eigenvalue weighted by atomic mass is 9.78. The van der Waals surface area contributed by atoms with Crippen LogP contribution < -0.4 is 5.73 Å². The number of benzene rings is 1. The van der Waals surface area contributed by atoms with Crippen molar-refractivity contribution in [2.75, 3.05) is 18.6 Å². The molecule has 3 N–H and O–H groups in total. The van der Waals surface area contributed by atoms with Gasteiger partial charge in [-0.15, -0.1) is 0 Å². The van der Waals surface area contributed by atoms with Crippen LogP contribution in [0.25, 0.3) is 0 Å². The van der Waals surface area contributed by atoms with Crippen molar-refractivity contribution < 1.29 is 22.7 Å². The summed E-state index contributed by atoms with van der Waals surface area (Å²) in [5.41, 5.74) is 4.32. The van der Waals surface area contributed by atoms with E-state index < -0.39 is 27.0 Å². The highest BCUT2D eigenvalue weighted by Gasteiger charge is 2.39. The smallest absolute Gasteiger partial charge is 0.315 e.